The summed E-state index contributed by atoms with van der Waals surface area (Å²) in [5.41, 5.74) is 0. The van der Waals surface area contributed by atoms with Crippen LogP contribution in [0.1, 0.15) is 81.1 Å². The van der Waals surface area contributed by atoms with Crippen LogP contribution < -0.4 is 0 Å². The first kappa shape index (κ1) is 42.0. The number of Topliss-reactive ketones (excluding diaryl/α,β-unsaturated/α-hetero) is 7. The van der Waals surface area contributed by atoms with Crippen LogP contribution in [0.5, 0.6) is 0 Å². The van der Waals surface area contributed by atoms with E-state index in [0.29, 0.717) is 6.61 Å². The SMILES string of the molecule is CC(=O)CC(C)=O.CC(=O)CC(C)=O.CC(=O)CC(C)=O.CCOC(=O)CC(C)=O.[O]=[Zr]([OH])[OH]. The average Bonchev–Trinajstić information content (AvgIpc) is 2.51. The van der Waals surface area contributed by atoms with Crippen LogP contribution in [0.4, 0.5) is 0 Å². The van der Waals surface area contributed by atoms with Gasteiger partial charge in [-0.15, -0.1) is 0 Å². The monoisotopic (exact) mass is 570 g/mol. The van der Waals surface area contributed by atoms with E-state index in [-0.39, 0.29) is 66.2 Å². The number of ketones is 7. The third-order valence-corrected chi connectivity index (χ3v) is 2.19. The molecule has 0 aromatic heterocycles. The topological polar surface area (TPSA) is 203 Å². The molecule has 13 heteroatoms. The Balaban J connectivity index is -0.000000105. The van der Waals surface area contributed by atoms with Crippen LogP contribution in [0.3, 0.4) is 0 Å². The fraction of sp³-hybridized carbons (Fsp3) is 0.619. The minimum atomic E-state index is -3.79. The number of hydrogen-bond acceptors (Lipinski definition) is 10. The van der Waals surface area contributed by atoms with E-state index >= 15 is 0 Å². The van der Waals surface area contributed by atoms with Gasteiger partial charge in [0.2, 0.25) is 0 Å². The molecule has 0 rings (SSSR count). The summed E-state index contributed by atoms with van der Waals surface area (Å²) in [5.74, 6) is -0.974. The Morgan fingerprint density at radius 2 is 0.706 bits per heavy atom. The van der Waals surface area contributed by atoms with Gasteiger partial charge in [-0.2, -0.15) is 0 Å². The number of rotatable bonds is 9. The molecule has 0 saturated carbocycles. The maximum atomic E-state index is 10.4. The van der Waals surface area contributed by atoms with Crippen molar-refractivity contribution in [3.05, 3.63) is 0 Å². The first-order valence-corrected chi connectivity index (χ1v) is 13.0. The molecule has 0 aliphatic heterocycles. The van der Waals surface area contributed by atoms with Gasteiger partial charge in [0.15, 0.2) is 0 Å². The second-order valence-corrected chi connectivity index (χ2v) is 8.10. The molecule has 0 radical (unpaired) electrons. The van der Waals surface area contributed by atoms with Crippen LogP contribution in [-0.2, 0) is 68.5 Å². The van der Waals surface area contributed by atoms with Gasteiger partial charge in [0, 0.05) is 0 Å². The van der Waals surface area contributed by atoms with Gasteiger partial charge in [-0.05, 0) is 55.4 Å². The summed E-state index contributed by atoms with van der Waals surface area (Å²) in [5, 5.41) is 0. The number of ether oxygens (including phenoxy) is 1. The molecule has 0 fully saturated rings. The van der Waals surface area contributed by atoms with E-state index in [1.807, 2.05) is 0 Å². The summed E-state index contributed by atoms with van der Waals surface area (Å²) in [6.07, 6.45) is 0.147. The van der Waals surface area contributed by atoms with Gasteiger partial charge >= 0.3 is 37.8 Å². The predicted molar refractivity (Wildman–Crippen MR) is 115 cm³/mol. The summed E-state index contributed by atoms with van der Waals surface area (Å²) in [6.45, 7) is 11.8. The third-order valence-electron chi connectivity index (χ3n) is 2.19. The van der Waals surface area contributed by atoms with Crippen molar-refractivity contribution >= 4 is 46.5 Å². The molecule has 0 aromatic rings. The van der Waals surface area contributed by atoms with Gasteiger partial charge in [0.25, 0.3) is 0 Å². The Hall–Kier alpha value is -2.24. The first-order valence-electron chi connectivity index (χ1n) is 9.81. The van der Waals surface area contributed by atoms with E-state index in [0.717, 1.165) is 0 Å². The first-order chi connectivity index (χ1) is 15.3. The molecule has 0 aromatic carbocycles. The van der Waals surface area contributed by atoms with E-state index in [1.54, 1.807) is 6.92 Å². The quantitative estimate of drug-likeness (QED) is 0.293. The molecular formula is C21H36O12Zr. The normalized spacial score (nSPS) is 8.18. The van der Waals surface area contributed by atoms with Gasteiger partial charge in [-0.1, -0.05) is 0 Å². The van der Waals surface area contributed by atoms with Crippen LogP contribution in [0.15, 0.2) is 0 Å². The second kappa shape index (κ2) is 28.8. The van der Waals surface area contributed by atoms with E-state index < -0.39 is 28.6 Å². The summed E-state index contributed by atoms with van der Waals surface area (Å²) < 4.78 is 27.8. The maximum absolute atomic E-state index is 10.4. The molecule has 0 atom stereocenters. The molecule has 0 spiro atoms. The van der Waals surface area contributed by atoms with Crippen LogP contribution >= 0.6 is 0 Å². The van der Waals surface area contributed by atoms with E-state index in [1.165, 1.54) is 48.5 Å². The standard InChI is InChI=1S/C6H10O3.3C5H8O2.2H2O.O.Zr/c1-3-9-6(8)4-5(2)7;3*1-4(6)3-5(2)7;;;;/h3-4H2,1-2H3;3*3H2,1-2H3;2*1H2;;/q;;;;;;;+2/p-2. The van der Waals surface area contributed by atoms with Crippen molar-refractivity contribution in [3.63, 3.8) is 0 Å². The molecule has 0 saturated heterocycles. The molecule has 196 valence electrons. The van der Waals surface area contributed by atoms with Crippen molar-refractivity contribution < 1.29 is 74.9 Å². The average molecular weight is 572 g/mol. The Kier molecular flexibility index (Phi) is 35.5. The van der Waals surface area contributed by atoms with Crippen molar-refractivity contribution in [3.8, 4) is 0 Å². The predicted octanol–water partition coefficient (Wildman–Crippen LogP) is 0.957. The molecule has 0 aliphatic rings. The van der Waals surface area contributed by atoms with Gasteiger partial charge < -0.3 is 4.74 Å². The minimum absolute atomic E-state index is 0.0625. The molecule has 12 nitrogen and oxygen atoms in total. The fourth-order valence-corrected chi connectivity index (χ4v) is 1.47. The number of carbonyl (C=O) groups excluding carboxylic acids is 8. The molecular weight excluding hydrogens is 535 g/mol. The van der Waals surface area contributed by atoms with Crippen LogP contribution in [-0.4, -0.2) is 59.4 Å². The van der Waals surface area contributed by atoms with Gasteiger partial charge in [0.1, 0.15) is 46.9 Å². The van der Waals surface area contributed by atoms with Crippen molar-refractivity contribution in [1.82, 2.24) is 0 Å². The molecule has 0 amide bonds. The van der Waals surface area contributed by atoms with Crippen molar-refractivity contribution in [2.45, 2.75) is 81.1 Å². The molecule has 0 bridgehead atoms. The Labute approximate surface area is 208 Å². The van der Waals surface area contributed by atoms with E-state index in [2.05, 4.69) is 4.74 Å². The summed E-state index contributed by atoms with van der Waals surface area (Å²) in [6, 6.07) is 0. The molecule has 0 heterocycles. The van der Waals surface area contributed by atoms with Crippen LogP contribution in [0, 0.1) is 0 Å². The molecule has 2 N–H and O–H groups in total. The van der Waals surface area contributed by atoms with Crippen molar-refractivity contribution in [2.24, 2.45) is 0 Å². The summed E-state index contributed by atoms with van der Waals surface area (Å²) in [4.78, 5) is 80.8. The van der Waals surface area contributed by atoms with Gasteiger partial charge in [-0.25, -0.2) is 0 Å². The number of hydrogen-bond donors (Lipinski definition) is 2. The zero-order chi connectivity index (χ0) is 28.4. The van der Waals surface area contributed by atoms with Gasteiger partial charge in [-0.3, -0.25) is 38.4 Å². The van der Waals surface area contributed by atoms with E-state index in [9.17, 15) is 38.4 Å². The zero-order valence-corrected chi connectivity index (χ0v) is 23.5. The van der Waals surface area contributed by atoms with Crippen molar-refractivity contribution in [2.75, 3.05) is 6.61 Å². The Morgan fingerprint density at radius 1 is 0.529 bits per heavy atom. The summed E-state index contributed by atoms with van der Waals surface area (Å²) >= 11 is -3.79. The Morgan fingerprint density at radius 3 is 0.794 bits per heavy atom. The van der Waals surface area contributed by atoms with Crippen molar-refractivity contribution in [1.29, 1.82) is 0 Å². The molecule has 0 unspecified atom stereocenters. The number of carbonyl (C=O) groups is 8. The third kappa shape index (κ3) is 87.6. The van der Waals surface area contributed by atoms with Gasteiger partial charge in [0.05, 0.1) is 25.9 Å². The van der Waals surface area contributed by atoms with Crippen LogP contribution in [0.25, 0.3) is 0 Å². The van der Waals surface area contributed by atoms with E-state index in [4.69, 9.17) is 9.18 Å². The second-order valence-electron chi connectivity index (χ2n) is 6.71. The van der Waals surface area contributed by atoms with Crippen LogP contribution in [0.2, 0.25) is 0 Å². The zero-order valence-electron chi connectivity index (χ0n) is 21.0. The number of esters is 1. The summed E-state index contributed by atoms with van der Waals surface area (Å²) in [7, 11) is 0. The molecule has 0 aliphatic carbocycles. The molecule has 34 heavy (non-hydrogen) atoms. The Bertz CT molecular complexity index is 609. The fourth-order valence-electron chi connectivity index (χ4n) is 1.47.